The summed E-state index contributed by atoms with van der Waals surface area (Å²) >= 11 is 0. The molecule has 0 spiro atoms. The Kier molecular flexibility index (Phi) is 12.0. The zero-order valence-electron chi connectivity index (χ0n) is 19.4. The molecule has 0 unspecified atom stereocenters. The van der Waals surface area contributed by atoms with Crippen LogP contribution in [-0.4, -0.2) is 149 Å². The number of aliphatic hydroxyl groups is 9. The van der Waals surface area contributed by atoms with Crippen LogP contribution >= 0.6 is 0 Å². The first-order chi connectivity index (χ1) is 16.6. The molecule has 17 nitrogen and oxygen atoms in total. The van der Waals surface area contributed by atoms with Crippen LogP contribution in [0.2, 0.25) is 0 Å². The lowest BCUT2D eigenvalue weighted by molar-refractivity contribution is -0.295. The number of amides is 2. The summed E-state index contributed by atoms with van der Waals surface area (Å²) in [6.45, 7) is 0.943. The smallest absolute Gasteiger partial charge is 0.364 e. The van der Waals surface area contributed by atoms with Gasteiger partial charge in [0.05, 0.1) is 25.4 Å². The molecule has 0 bridgehead atoms. The van der Waals surface area contributed by atoms with E-state index in [-0.39, 0.29) is 0 Å². The molecular weight excluding hydrogens is 496 g/mol. The summed E-state index contributed by atoms with van der Waals surface area (Å²) < 4.78 is 9.68. The van der Waals surface area contributed by atoms with Gasteiger partial charge in [-0.05, 0) is 0 Å². The molecule has 36 heavy (non-hydrogen) atoms. The van der Waals surface area contributed by atoms with Crippen molar-refractivity contribution in [3.8, 4) is 0 Å². The standard InChI is InChI=1S/C11H19NO9.C8H15NO6/c1-4(14)12-7-5(15)2-11(20,10(18)19)21-9(7)8(17)6(16)3-13;1-3(11)9-5-7(13)6(12)4(2-10)15-8(5)14/h5-9,13,15-17,20H,2-3H2,1H3,(H,12,14)(H,18,19);4-8,10,12-14H,2H2,1H3,(H,9,11)/t5-,6+,7+,8+,9+,11+;4-,5-,6+,7-,8+/m01/s1. The Morgan fingerprint density at radius 1 is 0.972 bits per heavy atom. The molecule has 0 aromatic heterocycles. The fourth-order valence-electron chi connectivity index (χ4n) is 3.62. The van der Waals surface area contributed by atoms with E-state index in [1.54, 1.807) is 0 Å². The third kappa shape index (κ3) is 7.98. The topological polar surface area (TPSA) is 296 Å². The SMILES string of the molecule is CC(=O)N[C@@H]1[C@@H](O)[C@@H](O)[C@@H](CO)O[C@@H]1O.CC(=O)N[C@H]1[C@H]([C@H](O)[C@H](O)CO)O[C@@](O)(C(=O)O)C[C@@H]1O. The number of hydrogen-bond donors (Lipinski definition) is 12. The van der Waals surface area contributed by atoms with Gasteiger partial charge in [-0.2, -0.15) is 0 Å². The number of hydrogen-bond acceptors (Lipinski definition) is 14. The summed E-state index contributed by atoms with van der Waals surface area (Å²) in [5.41, 5.74) is 0. The molecule has 2 fully saturated rings. The average molecular weight is 530 g/mol. The van der Waals surface area contributed by atoms with Crippen LogP contribution in [0.4, 0.5) is 0 Å². The molecule has 2 aliphatic rings. The van der Waals surface area contributed by atoms with Crippen molar-refractivity contribution in [3.05, 3.63) is 0 Å². The number of carbonyl (C=O) groups excluding carboxylic acids is 2. The van der Waals surface area contributed by atoms with E-state index >= 15 is 0 Å². The van der Waals surface area contributed by atoms with Gasteiger partial charge in [-0.1, -0.05) is 0 Å². The third-order valence-electron chi connectivity index (χ3n) is 5.48. The maximum absolute atomic E-state index is 11.1. The number of carboxylic acid groups (broad SMARTS) is 1. The van der Waals surface area contributed by atoms with E-state index in [0.717, 1.165) is 6.92 Å². The van der Waals surface area contributed by atoms with Gasteiger partial charge < -0.3 is 71.2 Å². The van der Waals surface area contributed by atoms with Crippen LogP contribution in [0.1, 0.15) is 20.3 Å². The number of carbonyl (C=O) groups is 3. The highest BCUT2D eigenvalue weighted by molar-refractivity contribution is 5.76. The van der Waals surface area contributed by atoms with Gasteiger partial charge in [0.1, 0.15) is 42.7 Å². The van der Waals surface area contributed by atoms with Crippen LogP contribution in [0.15, 0.2) is 0 Å². The quantitative estimate of drug-likeness (QED) is 0.145. The molecule has 2 rings (SSSR count). The van der Waals surface area contributed by atoms with Crippen molar-refractivity contribution in [2.75, 3.05) is 13.2 Å². The molecule has 210 valence electrons. The van der Waals surface area contributed by atoms with Gasteiger partial charge in [-0.25, -0.2) is 4.79 Å². The zero-order chi connectivity index (χ0) is 28.0. The predicted octanol–water partition coefficient (Wildman–Crippen LogP) is -6.95. The van der Waals surface area contributed by atoms with Crippen molar-refractivity contribution >= 4 is 17.8 Å². The first-order valence-electron chi connectivity index (χ1n) is 10.7. The van der Waals surface area contributed by atoms with Crippen molar-refractivity contribution in [1.82, 2.24) is 10.6 Å². The zero-order valence-corrected chi connectivity index (χ0v) is 19.4. The fraction of sp³-hybridized carbons (Fsp3) is 0.842. The summed E-state index contributed by atoms with van der Waals surface area (Å²) in [5, 5.41) is 98.3. The molecule has 0 aliphatic carbocycles. The van der Waals surface area contributed by atoms with Crippen molar-refractivity contribution in [1.29, 1.82) is 0 Å². The Labute approximate surface area is 204 Å². The van der Waals surface area contributed by atoms with Gasteiger partial charge in [-0.15, -0.1) is 0 Å². The van der Waals surface area contributed by atoms with Crippen LogP contribution < -0.4 is 10.6 Å². The molecule has 2 heterocycles. The molecule has 0 aromatic carbocycles. The number of aliphatic carboxylic acids is 1. The predicted molar refractivity (Wildman–Crippen MR) is 112 cm³/mol. The maximum Gasteiger partial charge on any atom is 0.364 e. The van der Waals surface area contributed by atoms with Crippen LogP contribution in [0.25, 0.3) is 0 Å². The van der Waals surface area contributed by atoms with Gasteiger partial charge >= 0.3 is 5.97 Å². The summed E-state index contributed by atoms with van der Waals surface area (Å²) in [7, 11) is 0. The van der Waals surface area contributed by atoms with Crippen LogP contribution in [0.5, 0.6) is 0 Å². The van der Waals surface area contributed by atoms with Crippen molar-refractivity contribution in [2.45, 2.75) is 87.2 Å². The Bertz CT molecular complexity index is 756. The van der Waals surface area contributed by atoms with Gasteiger partial charge in [0.15, 0.2) is 6.29 Å². The lowest BCUT2D eigenvalue weighted by Crippen LogP contribution is -2.67. The summed E-state index contributed by atoms with van der Waals surface area (Å²) in [6.07, 6.45) is -12.7. The van der Waals surface area contributed by atoms with Crippen molar-refractivity contribution < 1.29 is 74.9 Å². The Balaban J connectivity index is 0.000000381. The molecule has 2 saturated heterocycles. The minimum absolute atomic E-state index is 0.462. The monoisotopic (exact) mass is 530 g/mol. The van der Waals surface area contributed by atoms with Crippen molar-refractivity contribution in [3.63, 3.8) is 0 Å². The van der Waals surface area contributed by atoms with Gasteiger partial charge in [0.2, 0.25) is 11.8 Å². The highest BCUT2D eigenvalue weighted by atomic mass is 16.7. The summed E-state index contributed by atoms with van der Waals surface area (Å²) in [4.78, 5) is 32.8. The third-order valence-corrected chi connectivity index (χ3v) is 5.48. The molecular formula is C19H34N2O15. The van der Waals surface area contributed by atoms with E-state index in [0.29, 0.717) is 0 Å². The second-order valence-electron chi connectivity index (χ2n) is 8.37. The molecule has 17 heteroatoms. The number of rotatable bonds is 7. The number of aliphatic hydroxyl groups excluding tert-OH is 8. The second kappa shape index (κ2) is 13.5. The highest BCUT2D eigenvalue weighted by Gasteiger charge is 2.53. The molecule has 11 atom stereocenters. The summed E-state index contributed by atoms with van der Waals surface area (Å²) in [5.74, 6) is -5.64. The Morgan fingerprint density at radius 2 is 1.50 bits per heavy atom. The number of ether oxygens (including phenoxy) is 2. The molecule has 12 N–H and O–H groups in total. The van der Waals surface area contributed by atoms with Gasteiger partial charge in [0.25, 0.3) is 5.79 Å². The Hall–Kier alpha value is -2.03. The fourth-order valence-corrected chi connectivity index (χ4v) is 3.62. The lowest BCUT2D eigenvalue weighted by atomic mass is 9.88. The first-order valence-corrected chi connectivity index (χ1v) is 10.7. The van der Waals surface area contributed by atoms with E-state index in [1.807, 2.05) is 0 Å². The maximum atomic E-state index is 11.1. The van der Waals surface area contributed by atoms with E-state index in [4.69, 9.17) is 24.8 Å². The van der Waals surface area contributed by atoms with E-state index in [1.165, 1.54) is 6.92 Å². The Morgan fingerprint density at radius 3 is 1.94 bits per heavy atom. The van der Waals surface area contributed by atoms with Gasteiger partial charge in [0, 0.05) is 20.3 Å². The highest BCUT2D eigenvalue weighted by Crippen LogP contribution is 2.30. The molecule has 0 saturated carbocycles. The van der Waals surface area contributed by atoms with E-state index in [2.05, 4.69) is 10.6 Å². The van der Waals surface area contributed by atoms with Crippen LogP contribution in [0.3, 0.4) is 0 Å². The number of nitrogens with one attached hydrogen (secondary N) is 2. The largest absolute Gasteiger partial charge is 0.477 e. The molecule has 0 radical (unpaired) electrons. The van der Waals surface area contributed by atoms with Crippen LogP contribution in [-0.2, 0) is 23.9 Å². The minimum atomic E-state index is -2.78. The lowest BCUT2D eigenvalue weighted by Gasteiger charge is -2.44. The number of carboxylic acids is 1. The second-order valence-corrected chi connectivity index (χ2v) is 8.37. The molecule has 0 aromatic rings. The minimum Gasteiger partial charge on any atom is -0.477 e. The first kappa shape index (κ1) is 32.0. The van der Waals surface area contributed by atoms with E-state index in [9.17, 15) is 50.1 Å². The summed E-state index contributed by atoms with van der Waals surface area (Å²) in [6, 6.07) is -2.36. The molecule has 2 aliphatic heterocycles. The molecule has 2 amide bonds. The van der Waals surface area contributed by atoms with E-state index < -0.39 is 104 Å². The van der Waals surface area contributed by atoms with Gasteiger partial charge in [-0.3, -0.25) is 9.59 Å². The normalized spacial score (nSPS) is 38.1. The van der Waals surface area contributed by atoms with Crippen LogP contribution in [0, 0.1) is 0 Å². The van der Waals surface area contributed by atoms with Crippen molar-refractivity contribution in [2.24, 2.45) is 0 Å². The average Bonchev–Trinajstić information content (AvgIpc) is 2.79.